The van der Waals surface area contributed by atoms with Gasteiger partial charge >= 0.3 is 0 Å². The third-order valence-corrected chi connectivity index (χ3v) is 13.2. The van der Waals surface area contributed by atoms with Crippen LogP contribution in [0, 0.1) is 5.92 Å². The molecule has 0 aliphatic heterocycles. The van der Waals surface area contributed by atoms with Crippen LogP contribution in [0.4, 0.5) is 0 Å². The molecule has 1 aromatic carbocycles. The van der Waals surface area contributed by atoms with Crippen LogP contribution < -0.4 is 5.32 Å². The lowest BCUT2D eigenvalue weighted by atomic mass is 9.99. The molecule has 0 saturated carbocycles. The minimum Gasteiger partial charge on any atom is -0.417 e. The predicted molar refractivity (Wildman–Crippen MR) is 113 cm³/mol. The fourth-order valence-corrected chi connectivity index (χ4v) is 13.8. The predicted octanol–water partition coefficient (Wildman–Crippen LogP) is 6.31. The highest BCUT2D eigenvalue weighted by molar-refractivity contribution is 6.82. The molecule has 0 saturated heterocycles. The van der Waals surface area contributed by atoms with E-state index in [1.54, 1.807) is 0 Å². The topological polar surface area (TPSA) is 21.3 Å². The van der Waals surface area contributed by atoms with Gasteiger partial charge in [-0.15, -0.1) is 0 Å². The first kappa shape index (κ1) is 22.4. The molecule has 0 aliphatic rings. The van der Waals surface area contributed by atoms with Gasteiger partial charge < -0.3 is 9.74 Å². The average Bonchev–Trinajstić information content (AvgIpc) is 2.49. The van der Waals surface area contributed by atoms with Crippen LogP contribution >= 0.6 is 0 Å². The van der Waals surface area contributed by atoms with Gasteiger partial charge in [-0.1, -0.05) is 92.6 Å². The van der Waals surface area contributed by atoms with Crippen LogP contribution in [0.1, 0.15) is 74.3 Å². The molecular weight excluding hydrogens is 322 g/mol. The molecule has 0 aromatic heterocycles. The summed E-state index contributed by atoms with van der Waals surface area (Å²) in [6.45, 7) is 22.2. The van der Waals surface area contributed by atoms with E-state index < -0.39 is 8.32 Å². The van der Waals surface area contributed by atoms with Crippen molar-refractivity contribution in [2.75, 3.05) is 7.11 Å². The molecule has 3 heteroatoms. The van der Waals surface area contributed by atoms with Crippen LogP contribution in [-0.4, -0.2) is 20.6 Å². The second-order valence-electron chi connectivity index (χ2n) is 9.70. The molecule has 0 bridgehead atoms. The summed E-state index contributed by atoms with van der Waals surface area (Å²) in [5.74, 6) is 0.492. The molecule has 1 N–H and O–H groups in total. The summed E-state index contributed by atoms with van der Waals surface area (Å²) < 4.78 is 6.65. The third kappa shape index (κ3) is 3.89. The lowest BCUT2D eigenvalue weighted by Crippen LogP contribution is -2.77. The SMILES string of the molecule is CCC(NCc1ccccc1)(C(C)C)[Si](OC)(C(C)(C)C)C(C)(C)C. The Balaban J connectivity index is 3.52. The van der Waals surface area contributed by atoms with Crippen molar-refractivity contribution >= 4 is 8.32 Å². The van der Waals surface area contributed by atoms with Crippen LogP contribution in [0.2, 0.25) is 10.1 Å². The van der Waals surface area contributed by atoms with Gasteiger partial charge in [0, 0.05) is 18.8 Å². The highest BCUT2D eigenvalue weighted by atomic mass is 28.4. The van der Waals surface area contributed by atoms with E-state index in [1.165, 1.54) is 5.56 Å². The Hall–Kier alpha value is -0.643. The Morgan fingerprint density at radius 3 is 1.76 bits per heavy atom. The zero-order valence-electron chi connectivity index (χ0n) is 18.3. The van der Waals surface area contributed by atoms with E-state index in [9.17, 15) is 0 Å². The van der Waals surface area contributed by atoms with Gasteiger partial charge in [-0.3, -0.25) is 0 Å². The zero-order chi connectivity index (χ0) is 19.5. The number of hydrogen-bond donors (Lipinski definition) is 1. The first-order valence-electron chi connectivity index (χ1n) is 9.73. The van der Waals surface area contributed by atoms with Crippen molar-refractivity contribution in [3.63, 3.8) is 0 Å². The van der Waals surface area contributed by atoms with Crippen molar-refractivity contribution in [2.45, 2.75) is 90.5 Å². The summed E-state index contributed by atoms with van der Waals surface area (Å²) in [7, 11) is -0.322. The van der Waals surface area contributed by atoms with Gasteiger partial charge in [0.1, 0.15) is 0 Å². The standard InChI is InChI=1S/C22H41NOSi/c1-11-22(18(2)3,23-17-19-15-13-12-14-16-19)25(24-10,20(4,5)6)21(7,8)9/h12-16,18,23H,11,17H2,1-10H3. The van der Waals surface area contributed by atoms with Crippen LogP contribution in [0.15, 0.2) is 30.3 Å². The van der Waals surface area contributed by atoms with Crippen molar-refractivity contribution in [3.8, 4) is 0 Å². The molecule has 25 heavy (non-hydrogen) atoms. The molecule has 0 amide bonds. The summed E-state index contributed by atoms with van der Waals surface area (Å²) >= 11 is 0. The zero-order valence-corrected chi connectivity index (χ0v) is 19.3. The van der Waals surface area contributed by atoms with E-state index in [1.807, 2.05) is 7.11 Å². The Morgan fingerprint density at radius 1 is 0.960 bits per heavy atom. The molecule has 0 fully saturated rings. The number of rotatable bonds is 7. The van der Waals surface area contributed by atoms with Crippen LogP contribution in [0.3, 0.4) is 0 Å². The lowest BCUT2D eigenvalue weighted by Gasteiger charge is -2.62. The monoisotopic (exact) mass is 363 g/mol. The van der Waals surface area contributed by atoms with Gasteiger partial charge in [-0.25, -0.2) is 0 Å². The van der Waals surface area contributed by atoms with E-state index in [4.69, 9.17) is 4.43 Å². The maximum atomic E-state index is 6.65. The highest BCUT2D eigenvalue weighted by Gasteiger charge is 2.67. The lowest BCUT2D eigenvalue weighted by molar-refractivity contribution is 0.208. The average molecular weight is 364 g/mol. The molecule has 144 valence electrons. The Labute approximate surface area is 157 Å². The summed E-state index contributed by atoms with van der Waals surface area (Å²) in [5.41, 5.74) is 1.34. The van der Waals surface area contributed by atoms with Gasteiger partial charge in [0.05, 0.1) is 0 Å². The van der Waals surface area contributed by atoms with Crippen LogP contribution in [-0.2, 0) is 11.0 Å². The fourth-order valence-electron chi connectivity index (χ4n) is 5.63. The number of nitrogens with one attached hydrogen (secondary N) is 1. The summed E-state index contributed by atoms with van der Waals surface area (Å²) in [6, 6.07) is 10.7. The summed E-state index contributed by atoms with van der Waals surface area (Å²) in [6.07, 6.45) is 1.08. The highest BCUT2D eigenvalue weighted by Crippen LogP contribution is 2.58. The molecule has 0 heterocycles. The van der Waals surface area contributed by atoms with E-state index >= 15 is 0 Å². The maximum Gasteiger partial charge on any atom is 0.222 e. The first-order chi connectivity index (χ1) is 11.4. The molecule has 0 radical (unpaired) electrons. The molecule has 0 spiro atoms. The minimum absolute atomic E-state index is 0.00586. The number of hydrogen-bond acceptors (Lipinski definition) is 2. The van der Waals surface area contributed by atoms with Gasteiger partial charge in [0.15, 0.2) is 0 Å². The minimum atomic E-state index is -2.28. The molecule has 1 atom stereocenters. The molecule has 1 rings (SSSR count). The fraction of sp³-hybridized carbons (Fsp3) is 0.727. The van der Waals surface area contributed by atoms with Gasteiger partial charge in [0.2, 0.25) is 8.32 Å². The van der Waals surface area contributed by atoms with Gasteiger partial charge in [-0.05, 0) is 28.0 Å². The first-order valence-corrected chi connectivity index (χ1v) is 11.6. The third-order valence-electron chi connectivity index (χ3n) is 6.04. The quantitative estimate of drug-likeness (QED) is 0.573. The van der Waals surface area contributed by atoms with E-state index in [0.717, 1.165) is 13.0 Å². The largest absolute Gasteiger partial charge is 0.417 e. The molecular formula is C22H41NOSi. The molecule has 1 aromatic rings. The molecule has 1 unspecified atom stereocenters. The summed E-state index contributed by atoms with van der Waals surface area (Å²) in [5, 5.41) is 4.26. The van der Waals surface area contributed by atoms with E-state index in [-0.39, 0.29) is 15.2 Å². The van der Waals surface area contributed by atoms with Crippen molar-refractivity contribution in [1.82, 2.24) is 5.32 Å². The normalized spacial score (nSPS) is 16.1. The van der Waals surface area contributed by atoms with Gasteiger partial charge in [0.25, 0.3) is 0 Å². The number of benzene rings is 1. The molecule has 0 aliphatic carbocycles. The Bertz CT molecular complexity index is 513. The van der Waals surface area contributed by atoms with E-state index in [2.05, 4.69) is 98.0 Å². The summed E-state index contributed by atoms with van der Waals surface area (Å²) in [4.78, 5) is 0. The second kappa shape index (κ2) is 7.94. The van der Waals surface area contributed by atoms with E-state index in [0.29, 0.717) is 5.92 Å². The van der Waals surface area contributed by atoms with Crippen LogP contribution in [0.25, 0.3) is 0 Å². The Kier molecular flexibility index (Phi) is 7.11. The second-order valence-corrected chi connectivity index (χ2v) is 15.4. The van der Waals surface area contributed by atoms with Gasteiger partial charge in [-0.2, -0.15) is 0 Å². The maximum absolute atomic E-state index is 6.65. The van der Waals surface area contributed by atoms with Crippen LogP contribution in [0.5, 0.6) is 0 Å². The van der Waals surface area contributed by atoms with Crippen molar-refractivity contribution in [3.05, 3.63) is 35.9 Å². The Morgan fingerprint density at radius 2 is 1.44 bits per heavy atom. The molecule has 2 nitrogen and oxygen atoms in total. The smallest absolute Gasteiger partial charge is 0.222 e. The van der Waals surface area contributed by atoms with Crippen molar-refractivity contribution < 1.29 is 4.43 Å². The van der Waals surface area contributed by atoms with Crippen molar-refractivity contribution in [1.29, 1.82) is 0 Å². The van der Waals surface area contributed by atoms with Crippen molar-refractivity contribution in [2.24, 2.45) is 5.92 Å².